The van der Waals surface area contributed by atoms with Crippen LogP contribution in [-0.4, -0.2) is 16.9 Å². The molecule has 102 valence electrons. The van der Waals surface area contributed by atoms with E-state index in [1.807, 2.05) is 0 Å². The summed E-state index contributed by atoms with van der Waals surface area (Å²) in [7, 11) is 0. The Morgan fingerprint density at radius 3 is 2.56 bits per heavy atom. The SMILES string of the molecule is C[C@@H]1CCCC[C@H]1NC(=S)NN=C1CCCCC1. The molecular weight excluding hydrogens is 242 g/mol. The fraction of sp³-hybridized carbons (Fsp3) is 0.857. The summed E-state index contributed by atoms with van der Waals surface area (Å²) in [6.45, 7) is 2.31. The molecule has 0 aromatic rings. The third-order valence-corrected chi connectivity index (χ3v) is 4.38. The maximum absolute atomic E-state index is 5.33. The van der Waals surface area contributed by atoms with Crippen LogP contribution in [-0.2, 0) is 0 Å². The van der Waals surface area contributed by atoms with Crippen LogP contribution in [0.1, 0.15) is 64.7 Å². The Morgan fingerprint density at radius 2 is 1.83 bits per heavy atom. The van der Waals surface area contributed by atoms with Crippen molar-refractivity contribution in [1.29, 1.82) is 0 Å². The van der Waals surface area contributed by atoms with Gasteiger partial charge >= 0.3 is 0 Å². The molecule has 0 aromatic carbocycles. The minimum Gasteiger partial charge on any atom is -0.358 e. The summed E-state index contributed by atoms with van der Waals surface area (Å²) in [6.07, 6.45) is 11.4. The molecule has 0 bridgehead atoms. The maximum atomic E-state index is 5.33. The van der Waals surface area contributed by atoms with Gasteiger partial charge in [-0.2, -0.15) is 5.10 Å². The molecule has 0 spiro atoms. The quantitative estimate of drug-likeness (QED) is 0.595. The van der Waals surface area contributed by atoms with Crippen molar-refractivity contribution in [2.24, 2.45) is 11.0 Å². The van der Waals surface area contributed by atoms with Gasteiger partial charge in [-0.15, -0.1) is 0 Å². The zero-order chi connectivity index (χ0) is 12.8. The van der Waals surface area contributed by atoms with Gasteiger partial charge in [0, 0.05) is 11.8 Å². The van der Waals surface area contributed by atoms with Crippen LogP contribution in [0.25, 0.3) is 0 Å². The van der Waals surface area contributed by atoms with Crippen LogP contribution in [0.5, 0.6) is 0 Å². The van der Waals surface area contributed by atoms with Gasteiger partial charge in [-0.25, -0.2) is 0 Å². The van der Waals surface area contributed by atoms with E-state index in [-0.39, 0.29) is 0 Å². The van der Waals surface area contributed by atoms with Crippen molar-refractivity contribution in [3.63, 3.8) is 0 Å². The second kappa shape index (κ2) is 7.07. The molecule has 2 rings (SSSR count). The first-order valence-corrected chi connectivity index (χ1v) is 7.78. The van der Waals surface area contributed by atoms with E-state index in [0.717, 1.165) is 18.8 Å². The lowest BCUT2D eigenvalue weighted by Gasteiger charge is -2.30. The van der Waals surface area contributed by atoms with Crippen LogP contribution >= 0.6 is 12.2 Å². The molecule has 18 heavy (non-hydrogen) atoms. The molecule has 2 saturated carbocycles. The third-order valence-electron chi connectivity index (χ3n) is 4.17. The Labute approximate surface area is 116 Å². The van der Waals surface area contributed by atoms with E-state index in [1.54, 1.807) is 0 Å². The lowest BCUT2D eigenvalue weighted by molar-refractivity contribution is 0.308. The van der Waals surface area contributed by atoms with Gasteiger partial charge in [-0.1, -0.05) is 26.2 Å². The normalized spacial score (nSPS) is 28.6. The first kappa shape index (κ1) is 13.8. The minimum atomic E-state index is 0.533. The molecule has 0 radical (unpaired) electrons. The van der Waals surface area contributed by atoms with Gasteiger partial charge in [-0.3, -0.25) is 5.43 Å². The third kappa shape index (κ3) is 4.23. The van der Waals surface area contributed by atoms with Crippen molar-refractivity contribution in [1.82, 2.24) is 10.7 Å². The average molecular weight is 267 g/mol. The molecule has 0 unspecified atom stereocenters. The summed E-state index contributed by atoms with van der Waals surface area (Å²) in [5, 5.41) is 8.56. The molecule has 0 aromatic heterocycles. The zero-order valence-electron chi connectivity index (χ0n) is 11.4. The van der Waals surface area contributed by atoms with Gasteiger partial charge in [0.25, 0.3) is 0 Å². The topological polar surface area (TPSA) is 36.4 Å². The monoisotopic (exact) mass is 267 g/mol. The molecule has 2 aliphatic rings. The van der Waals surface area contributed by atoms with Crippen LogP contribution in [0.4, 0.5) is 0 Å². The summed E-state index contributed by atoms with van der Waals surface area (Å²) >= 11 is 5.33. The van der Waals surface area contributed by atoms with Crippen LogP contribution < -0.4 is 10.7 Å². The highest BCUT2D eigenvalue weighted by Gasteiger charge is 2.21. The standard InChI is InChI=1S/C14H25N3S/c1-11-7-5-6-10-13(11)15-14(18)17-16-12-8-3-2-4-9-12/h11,13H,2-10H2,1H3,(H2,15,17,18)/t11-,13-/m1/s1. The first-order valence-electron chi connectivity index (χ1n) is 7.37. The van der Waals surface area contributed by atoms with Crippen molar-refractivity contribution < 1.29 is 0 Å². The number of hydrazone groups is 1. The molecule has 0 amide bonds. The first-order chi connectivity index (χ1) is 8.75. The average Bonchev–Trinajstić information content (AvgIpc) is 2.40. The van der Waals surface area contributed by atoms with Gasteiger partial charge in [0.2, 0.25) is 0 Å². The van der Waals surface area contributed by atoms with Crippen LogP contribution in [0.2, 0.25) is 0 Å². The Hall–Kier alpha value is -0.640. The maximum Gasteiger partial charge on any atom is 0.187 e. The lowest BCUT2D eigenvalue weighted by Crippen LogP contribution is -2.44. The lowest BCUT2D eigenvalue weighted by atomic mass is 9.86. The van der Waals surface area contributed by atoms with E-state index in [4.69, 9.17) is 12.2 Å². The molecule has 2 N–H and O–H groups in total. The van der Waals surface area contributed by atoms with Gasteiger partial charge < -0.3 is 5.32 Å². The summed E-state index contributed by atoms with van der Waals surface area (Å²) in [5.41, 5.74) is 4.31. The Kier molecular flexibility index (Phi) is 5.42. The van der Waals surface area contributed by atoms with Crippen molar-refractivity contribution in [3.8, 4) is 0 Å². The zero-order valence-corrected chi connectivity index (χ0v) is 12.2. The number of nitrogens with one attached hydrogen (secondary N) is 2. The van der Waals surface area contributed by atoms with E-state index in [0.29, 0.717) is 11.2 Å². The highest BCUT2D eigenvalue weighted by atomic mass is 32.1. The molecule has 3 nitrogen and oxygen atoms in total. The molecule has 2 aliphatic carbocycles. The number of nitrogens with zero attached hydrogens (tertiary/aromatic N) is 1. The van der Waals surface area contributed by atoms with Gasteiger partial charge in [0.1, 0.15) is 0 Å². The van der Waals surface area contributed by atoms with Crippen molar-refractivity contribution in [3.05, 3.63) is 0 Å². The van der Waals surface area contributed by atoms with E-state index in [1.165, 1.54) is 50.7 Å². The highest BCUT2D eigenvalue weighted by molar-refractivity contribution is 7.80. The highest BCUT2D eigenvalue weighted by Crippen LogP contribution is 2.23. The van der Waals surface area contributed by atoms with E-state index in [9.17, 15) is 0 Å². The molecule has 0 heterocycles. The van der Waals surface area contributed by atoms with Crippen LogP contribution in [0.15, 0.2) is 5.10 Å². The van der Waals surface area contributed by atoms with E-state index in [2.05, 4.69) is 22.8 Å². The largest absolute Gasteiger partial charge is 0.358 e. The number of thiocarbonyl (C=S) groups is 1. The van der Waals surface area contributed by atoms with Gasteiger partial charge in [-0.05, 0) is 56.7 Å². The number of hydrogen-bond donors (Lipinski definition) is 2. The van der Waals surface area contributed by atoms with E-state index < -0.39 is 0 Å². The molecule has 0 aliphatic heterocycles. The van der Waals surface area contributed by atoms with Gasteiger partial charge in [0.15, 0.2) is 5.11 Å². The Balaban J connectivity index is 1.74. The minimum absolute atomic E-state index is 0.533. The molecule has 2 fully saturated rings. The van der Waals surface area contributed by atoms with Crippen molar-refractivity contribution in [2.75, 3.05) is 0 Å². The number of hydrogen-bond acceptors (Lipinski definition) is 2. The summed E-state index contributed by atoms with van der Waals surface area (Å²) in [5.74, 6) is 0.723. The smallest absolute Gasteiger partial charge is 0.187 e. The summed E-state index contributed by atoms with van der Waals surface area (Å²) in [4.78, 5) is 0. The predicted octanol–water partition coefficient (Wildman–Crippen LogP) is 3.35. The molecule has 2 atom stereocenters. The van der Waals surface area contributed by atoms with Crippen molar-refractivity contribution >= 4 is 23.0 Å². The fourth-order valence-corrected chi connectivity index (χ4v) is 3.13. The predicted molar refractivity (Wildman–Crippen MR) is 80.8 cm³/mol. The van der Waals surface area contributed by atoms with Crippen molar-refractivity contribution in [2.45, 2.75) is 70.8 Å². The summed E-state index contributed by atoms with van der Waals surface area (Å²) in [6, 6.07) is 0.533. The molecule has 0 saturated heterocycles. The van der Waals surface area contributed by atoms with E-state index >= 15 is 0 Å². The van der Waals surface area contributed by atoms with Crippen LogP contribution in [0.3, 0.4) is 0 Å². The van der Waals surface area contributed by atoms with Crippen LogP contribution in [0, 0.1) is 5.92 Å². The second-order valence-corrected chi connectivity index (χ2v) is 6.10. The summed E-state index contributed by atoms with van der Waals surface area (Å²) < 4.78 is 0. The molecular formula is C14H25N3S. The van der Waals surface area contributed by atoms with Gasteiger partial charge in [0.05, 0.1) is 0 Å². The number of rotatable bonds is 2. The Morgan fingerprint density at radius 1 is 1.11 bits per heavy atom. The Bertz CT molecular complexity index is 306. The second-order valence-electron chi connectivity index (χ2n) is 5.69. The fourth-order valence-electron chi connectivity index (χ4n) is 2.93. The molecule has 4 heteroatoms.